The molecule has 8 heteroatoms. The van der Waals surface area contributed by atoms with Crippen molar-refractivity contribution < 1.29 is 4.79 Å². The van der Waals surface area contributed by atoms with Gasteiger partial charge < -0.3 is 16.0 Å². The third-order valence-corrected chi connectivity index (χ3v) is 6.70. The van der Waals surface area contributed by atoms with Crippen molar-refractivity contribution in [1.29, 1.82) is 0 Å². The smallest absolute Gasteiger partial charge is 0.269 e. The molecule has 0 atom stereocenters. The van der Waals surface area contributed by atoms with Crippen LogP contribution in [0, 0.1) is 0 Å². The fourth-order valence-electron chi connectivity index (χ4n) is 5.04. The monoisotopic (exact) mass is 395 g/mol. The van der Waals surface area contributed by atoms with Gasteiger partial charge in [-0.1, -0.05) is 12.8 Å². The van der Waals surface area contributed by atoms with Gasteiger partial charge in [0, 0.05) is 17.8 Å². The van der Waals surface area contributed by atoms with Crippen LogP contribution >= 0.6 is 0 Å². The number of hydrogen-bond donors (Lipinski definition) is 2. The Kier molecular flexibility index (Phi) is 4.73. The van der Waals surface area contributed by atoms with Crippen molar-refractivity contribution >= 4 is 11.9 Å². The molecule has 1 saturated heterocycles. The molecular weight excluding hydrogens is 366 g/mol. The zero-order valence-corrected chi connectivity index (χ0v) is 17.0. The van der Waals surface area contributed by atoms with E-state index in [1.165, 1.54) is 25.7 Å². The molecule has 1 aliphatic heterocycles. The summed E-state index contributed by atoms with van der Waals surface area (Å²) >= 11 is 0. The average molecular weight is 396 g/mol. The molecule has 1 amide bonds. The van der Waals surface area contributed by atoms with Gasteiger partial charge in [0.2, 0.25) is 5.95 Å². The first kappa shape index (κ1) is 18.5. The number of carbonyl (C=O) groups excluding carboxylic acids is 1. The number of aryl methyl sites for hydroxylation is 1. The minimum atomic E-state index is -0.449. The number of rotatable bonds is 4. The van der Waals surface area contributed by atoms with Crippen molar-refractivity contribution in [3.63, 3.8) is 0 Å². The number of nitrogens with one attached hydrogen (secondary N) is 1. The number of likely N-dealkylation sites (tertiary alicyclic amines) is 1. The highest BCUT2D eigenvalue weighted by Gasteiger charge is 2.32. The summed E-state index contributed by atoms with van der Waals surface area (Å²) in [5, 5.41) is 8.22. The van der Waals surface area contributed by atoms with Gasteiger partial charge in [0.1, 0.15) is 0 Å². The number of anilines is 1. The number of hydrogen-bond acceptors (Lipinski definition) is 6. The Labute approximate surface area is 170 Å². The van der Waals surface area contributed by atoms with Crippen LogP contribution in [0.1, 0.15) is 66.2 Å². The van der Waals surface area contributed by atoms with Crippen LogP contribution in [0.5, 0.6) is 0 Å². The molecule has 29 heavy (non-hydrogen) atoms. The van der Waals surface area contributed by atoms with Gasteiger partial charge in [-0.3, -0.25) is 9.48 Å². The van der Waals surface area contributed by atoms with E-state index >= 15 is 0 Å². The van der Waals surface area contributed by atoms with E-state index in [1.54, 1.807) is 0 Å². The van der Waals surface area contributed by atoms with Gasteiger partial charge >= 0.3 is 0 Å². The molecule has 2 aliphatic carbocycles. The van der Waals surface area contributed by atoms with Crippen molar-refractivity contribution in [1.82, 2.24) is 24.6 Å². The highest BCUT2D eigenvalue weighted by molar-refractivity contribution is 5.94. The Morgan fingerprint density at radius 3 is 2.66 bits per heavy atom. The van der Waals surface area contributed by atoms with Crippen LogP contribution < -0.4 is 11.1 Å². The maximum absolute atomic E-state index is 12.1. The van der Waals surface area contributed by atoms with Crippen LogP contribution in [-0.2, 0) is 12.8 Å². The van der Waals surface area contributed by atoms with Crippen molar-refractivity contribution in [2.24, 2.45) is 5.73 Å². The quantitative estimate of drug-likeness (QED) is 0.822. The van der Waals surface area contributed by atoms with Crippen LogP contribution in [-0.4, -0.2) is 56.7 Å². The van der Waals surface area contributed by atoms with Crippen LogP contribution in [0.4, 0.5) is 5.95 Å². The molecule has 1 saturated carbocycles. The average Bonchev–Trinajstić information content (AvgIpc) is 3.36. The van der Waals surface area contributed by atoms with Crippen molar-refractivity contribution in [2.45, 2.75) is 63.5 Å². The molecule has 2 fully saturated rings. The van der Waals surface area contributed by atoms with Crippen LogP contribution in [0.3, 0.4) is 0 Å². The molecule has 0 aromatic carbocycles. The van der Waals surface area contributed by atoms with E-state index < -0.39 is 5.91 Å². The molecule has 3 aliphatic rings. The maximum atomic E-state index is 12.1. The van der Waals surface area contributed by atoms with Gasteiger partial charge in [0.15, 0.2) is 5.69 Å². The zero-order valence-electron chi connectivity index (χ0n) is 17.0. The Balaban J connectivity index is 1.56. The Bertz CT molecular complexity index is 923. The van der Waals surface area contributed by atoms with Gasteiger partial charge in [-0.2, -0.15) is 5.10 Å². The largest absolute Gasteiger partial charge is 0.364 e. The predicted molar refractivity (Wildman–Crippen MR) is 111 cm³/mol. The fraction of sp³-hybridized carbons (Fsp3) is 0.619. The second kappa shape index (κ2) is 7.40. The van der Waals surface area contributed by atoms with E-state index in [0.29, 0.717) is 17.7 Å². The summed E-state index contributed by atoms with van der Waals surface area (Å²) in [5.74, 6) is 0.231. The molecule has 3 heterocycles. The third-order valence-electron chi connectivity index (χ3n) is 6.70. The van der Waals surface area contributed by atoms with Gasteiger partial charge in [0.05, 0.1) is 17.4 Å². The molecule has 154 valence electrons. The van der Waals surface area contributed by atoms with E-state index in [2.05, 4.69) is 22.2 Å². The highest BCUT2D eigenvalue weighted by Crippen LogP contribution is 2.38. The molecule has 2 aromatic rings. The first-order valence-corrected chi connectivity index (χ1v) is 10.8. The zero-order chi connectivity index (χ0) is 20.0. The van der Waals surface area contributed by atoms with E-state index in [0.717, 1.165) is 61.3 Å². The summed E-state index contributed by atoms with van der Waals surface area (Å²) in [5.41, 5.74) is 10.1. The number of nitrogens with zero attached hydrogens (tertiary/aromatic N) is 5. The standard InChI is InChI=1S/C21H29N7O/c1-27-10-8-15(9-11-27)28-19-16(18(26-28)20(22)29)7-6-13-12-23-21(25-17(13)19)24-14-4-2-3-5-14/h12,14-15H,2-11H2,1H3,(H2,22,29)(H,23,24,25). The van der Waals surface area contributed by atoms with E-state index in [-0.39, 0.29) is 6.04 Å². The van der Waals surface area contributed by atoms with E-state index in [1.807, 2.05) is 10.9 Å². The van der Waals surface area contributed by atoms with Crippen molar-refractivity contribution in [3.8, 4) is 11.4 Å². The molecule has 5 rings (SSSR count). The van der Waals surface area contributed by atoms with Gasteiger partial charge in [0.25, 0.3) is 5.91 Å². The van der Waals surface area contributed by atoms with Crippen LogP contribution in [0.15, 0.2) is 6.20 Å². The summed E-state index contributed by atoms with van der Waals surface area (Å²) in [6, 6.07) is 0.719. The Morgan fingerprint density at radius 2 is 1.93 bits per heavy atom. The minimum absolute atomic E-state index is 0.264. The molecule has 0 unspecified atom stereocenters. The van der Waals surface area contributed by atoms with Crippen LogP contribution in [0.25, 0.3) is 11.4 Å². The number of primary amides is 1. The lowest BCUT2D eigenvalue weighted by molar-refractivity contribution is 0.0993. The predicted octanol–water partition coefficient (Wildman–Crippen LogP) is 2.16. The number of piperidine rings is 1. The minimum Gasteiger partial charge on any atom is -0.364 e. The lowest BCUT2D eigenvalue weighted by Gasteiger charge is -2.30. The normalized spacial score (nSPS) is 20.4. The molecule has 0 radical (unpaired) electrons. The summed E-state index contributed by atoms with van der Waals surface area (Å²) in [7, 11) is 2.15. The fourth-order valence-corrected chi connectivity index (χ4v) is 5.04. The number of nitrogens with two attached hydrogens (primary N) is 1. The van der Waals surface area contributed by atoms with Gasteiger partial charge in [-0.15, -0.1) is 0 Å². The number of carbonyl (C=O) groups is 1. The molecule has 0 bridgehead atoms. The van der Waals surface area contributed by atoms with Crippen molar-refractivity contribution in [2.75, 3.05) is 25.5 Å². The topological polar surface area (TPSA) is 102 Å². The second-order valence-corrected chi connectivity index (χ2v) is 8.71. The Morgan fingerprint density at radius 1 is 1.17 bits per heavy atom. The molecule has 3 N–H and O–H groups in total. The number of aromatic nitrogens is 4. The van der Waals surface area contributed by atoms with Gasteiger partial charge in [-0.05, 0) is 64.2 Å². The van der Waals surface area contributed by atoms with E-state index in [4.69, 9.17) is 15.8 Å². The summed E-state index contributed by atoms with van der Waals surface area (Å²) in [6.45, 7) is 2.05. The molecular formula is C21H29N7O. The molecule has 0 spiro atoms. The lowest BCUT2D eigenvalue weighted by Crippen LogP contribution is -2.32. The SMILES string of the molecule is CN1CCC(n2nc(C(N)=O)c3c2-c2nc(NC4CCCC4)ncc2CC3)CC1. The first-order chi connectivity index (χ1) is 14.1. The summed E-state index contributed by atoms with van der Waals surface area (Å²) in [6.07, 6.45) is 10.4. The third kappa shape index (κ3) is 3.39. The first-order valence-electron chi connectivity index (χ1n) is 10.8. The van der Waals surface area contributed by atoms with Crippen LogP contribution in [0.2, 0.25) is 0 Å². The highest BCUT2D eigenvalue weighted by atomic mass is 16.1. The van der Waals surface area contributed by atoms with Crippen molar-refractivity contribution in [3.05, 3.63) is 23.0 Å². The molecule has 8 nitrogen and oxygen atoms in total. The van der Waals surface area contributed by atoms with Gasteiger partial charge in [-0.25, -0.2) is 9.97 Å². The number of amides is 1. The summed E-state index contributed by atoms with van der Waals surface area (Å²) < 4.78 is 2.05. The maximum Gasteiger partial charge on any atom is 0.269 e. The Hall–Kier alpha value is -2.48. The lowest BCUT2D eigenvalue weighted by atomic mass is 9.92. The second-order valence-electron chi connectivity index (χ2n) is 8.71. The van der Waals surface area contributed by atoms with E-state index in [9.17, 15) is 4.79 Å². The molecule has 2 aromatic heterocycles. The number of fused-ring (bicyclic) bond motifs is 3. The summed E-state index contributed by atoms with van der Waals surface area (Å²) in [4.78, 5) is 23.9.